The number of benzene rings is 1. The third kappa shape index (κ3) is 3.05. The van der Waals surface area contributed by atoms with Crippen LogP contribution in [-0.2, 0) is 12.8 Å². The summed E-state index contributed by atoms with van der Waals surface area (Å²) in [6.45, 7) is 0. The lowest BCUT2D eigenvalue weighted by molar-refractivity contribution is -0.383. The van der Waals surface area contributed by atoms with Crippen molar-refractivity contribution in [2.24, 2.45) is 7.05 Å². The third-order valence-electron chi connectivity index (χ3n) is 2.67. The molecule has 1 aromatic heterocycles. The minimum atomic E-state index is -0.387. The molecular formula is C12H14N4O2S. The van der Waals surface area contributed by atoms with Crippen molar-refractivity contribution in [2.75, 3.05) is 12.4 Å². The van der Waals surface area contributed by atoms with Gasteiger partial charge in [-0.2, -0.15) is 0 Å². The number of nitro benzene ring substituents is 1. The van der Waals surface area contributed by atoms with Gasteiger partial charge >= 0.3 is 0 Å². The largest absolute Gasteiger partial charge is 0.383 e. The average molecular weight is 278 g/mol. The van der Waals surface area contributed by atoms with Crippen LogP contribution in [0.2, 0.25) is 0 Å². The number of rotatable bonds is 5. The Hall–Kier alpha value is -2.02. The zero-order valence-electron chi connectivity index (χ0n) is 10.7. The van der Waals surface area contributed by atoms with E-state index in [1.807, 2.05) is 17.8 Å². The molecular weight excluding hydrogens is 264 g/mol. The molecule has 7 heteroatoms. The summed E-state index contributed by atoms with van der Waals surface area (Å²) < 4.78 is 1.94. The number of imidazole rings is 1. The SMILES string of the molecule is CNc1cc(CSc2nccn2C)ccc1[N+](=O)[O-]. The molecule has 0 saturated heterocycles. The van der Waals surface area contributed by atoms with Crippen LogP contribution in [0.25, 0.3) is 0 Å². The predicted octanol–water partition coefficient (Wildman–Crippen LogP) is 2.66. The molecule has 0 aliphatic rings. The molecule has 0 spiro atoms. The highest BCUT2D eigenvalue weighted by Crippen LogP contribution is 2.28. The van der Waals surface area contributed by atoms with Gasteiger partial charge in [0.15, 0.2) is 5.16 Å². The summed E-state index contributed by atoms with van der Waals surface area (Å²) in [5.41, 5.74) is 1.64. The number of hydrogen-bond acceptors (Lipinski definition) is 5. The molecule has 0 radical (unpaired) electrons. The Kier molecular flexibility index (Phi) is 4.06. The Morgan fingerprint density at radius 1 is 1.53 bits per heavy atom. The second-order valence-electron chi connectivity index (χ2n) is 3.97. The van der Waals surface area contributed by atoms with E-state index in [0.29, 0.717) is 5.69 Å². The van der Waals surface area contributed by atoms with Crippen LogP contribution in [0.4, 0.5) is 11.4 Å². The van der Waals surface area contributed by atoms with Crippen LogP contribution >= 0.6 is 11.8 Å². The molecule has 19 heavy (non-hydrogen) atoms. The summed E-state index contributed by atoms with van der Waals surface area (Å²) in [5.74, 6) is 0.720. The highest BCUT2D eigenvalue weighted by atomic mass is 32.2. The van der Waals surface area contributed by atoms with Gasteiger partial charge in [0.25, 0.3) is 5.69 Å². The van der Waals surface area contributed by atoms with Gasteiger partial charge in [0.2, 0.25) is 0 Å². The summed E-state index contributed by atoms with van der Waals surface area (Å²) in [6.07, 6.45) is 3.63. The first kappa shape index (κ1) is 13.4. The lowest BCUT2D eigenvalue weighted by atomic mass is 10.2. The van der Waals surface area contributed by atoms with E-state index in [1.54, 1.807) is 37.1 Å². The standard InChI is InChI=1S/C12H14N4O2S/c1-13-10-7-9(3-4-11(10)16(17)18)8-19-12-14-5-6-15(12)2/h3-7,13H,8H2,1-2H3. The van der Waals surface area contributed by atoms with E-state index in [9.17, 15) is 10.1 Å². The number of hydrogen-bond donors (Lipinski definition) is 1. The minimum Gasteiger partial charge on any atom is -0.383 e. The van der Waals surface area contributed by atoms with Crippen molar-refractivity contribution in [2.45, 2.75) is 10.9 Å². The van der Waals surface area contributed by atoms with E-state index >= 15 is 0 Å². The summed E-state index contributed by atoms with van der Waals surface area (Å²) in [6, 6.07) is 5.10. The van der Waals surface area contributed by atoms with E-state index < -0.39 is 0 Å². The number of aryl methyl sites for hydroxylation is 1. The molecule has 100 valence electrons. The number of aromatic nitrogens is 2. The average Bonchev–Trinajstić information content (AvgIpc) is 2.81. The monoisotopic (exact) mass is 278 g/mol. The lowest BCUT2D eigenvalue weighted by Crippen LogP contribution is -1.97. The van der Waals surface area contributed by atoms with E-state index in [4.69, 9.17) is 0 Å². The second kappa shape index (κ2) is 5.75. The van der Waals surface area contributed by atoms with Crippen LogP contribution in [0.1, 0.15) is 5.56 Å². The Labute approximate surface area is 115 Å². The second-order valence-corrected chi connectivity index (χ2v) is 4.91. The summed E-state index contributed by atoms with van der Waals surface area (Å²) in [5, 5.41) is 14.6. The van der Waals surface area contributed by atoms with Crippen molar-refractivity contribution >= 4 is 23.1 Å². The van der Waals surface area contributed by atoms with Crippen LogP contribution in [0, 0.1) is 10.1 Å². The zero-order chi connectivity index (χ0) is 13.8. The fourth-order valence-electron chi connectivity index (χ4n) is 1.67. The number of nitro groups is 1. The molecule has 1 heterocycles. The van der Waals surface area contributed by atoms with E-state index in [-0.39, 0.29) is 10.6 Å². The number of anilines is 1. The van der Waals surface area contributed by atoms with Crippen LogP contribution in [0.5, 0.6) is 0 Å². The molecule has 0 atom stereocenters. The molecule has 1 aromatic carbocycles. The molecule has 0 aliphatic heterocycles. The van der Waals surface area contributed by atoms with Crippen molar-refractivity contribution in [3.8, 4) is 0 Å². The van der Waals surface area contributed by atoms with Crippen LogP contribution in [-0.4, -0.2) is 21.5 Å². The number of nitrogens with one attached hydrogen (secondary N) is 1. The molecule has 0 amide bonds. The first-order valence-corrected chi connectivity index (χ1v) is 6.65. The Bertz CT molecular complexity index is 597. The van der Waals surface area contributed by atoms with Gasteiger partial charge in [-0.3, -0.25) is 10.1 Å². The van der Waals surface area contributed by atoms with Gasteiger partial charge < -0.3 is 9.88 Å². The molecule has 6 nitrogen and oxygen atoms in total. The Morgan fingerprint density at radius 2 is 2.32 bits per heavy atom. The normalized spacial score (nSPS) is 10.4. The highest BCUT2D eigenvalue weighted by Gasteiger charge is 2.13. The third-order valence-corrected chi connectivity index (χ3v) is 3.80. The van der Waals surface area contributed by atoms with Gasteiger partial charge in [-0.1, -0.05) is 17.8 Å². The van der Waals surface area contributed by atoms with Gasteiger partial charge in [0, 0.05) is 38.3 Å². The fraction of sp³-hybridized carbons (Fsp3) is 0.250. The smallest absolute Gasteiger partial charge is 0.292 e. The van der Waals surface area contributed by atoms with E-state index in [2.05, 4.69) is 10.3 Å². The first-order chi connectivity index (χ1) is 9.11. The van der Waals surface area contributed by atoms with Crippen molar-refractivity contribution < 1.29 is 4.92 Å². The molecule has 0 unspecified atom stereocenters. The molecule has 2 rings (SSSR count). The molecule has 0 saturated carbocycles. The van der Waals surface area contributed by atoms with Gasteiger partial charge in [0.1, 0.15) is 5.69 Å². The van der Waals surface area contributed by atoms with Crippen LogP contribution in [0.15, 0.2) is 35.7 Å². The molecule has 0 aliphatic carbocycles. The number of thioether (sulfide) groups is 1. The zero-order valence-corrected chi connectivity index (χ0v) is 11.5. The summed E-state index contributed by atoms with van der Waals surface area (Å²) in [7, 11) is 3.61. The van der Waals surface area contributed by atoms with E-state index in [1.165, 1.54) is 6.07 Å². The maximum atomic E-state index is 10.8. The minimum absolute atomic E-state index is 0.0910. The van der Waals surface area contributed by atoms with Gasteiger partial charge in [-0.25, -0.2) is 4.98 Å². The number of nitrogens with zero attached hydrogens (tertiary/aromatic N) is 3. The van der Waals surface area contributed by atoms with Crippen molar-refractivity contribution in [3.05, 3.63) is 46.3 Å². The van der Waals surface area contributed by atoms with Crippen LogP contribution in [0.3, 0.4) is 0 Å². The van der Waals surface area contributed by atoms with Crippen molar-refractivity contribution in [1.82, 2.24) is 9.55 Å². The lowest BCUT2D eigenvalue weighted by Gasteiger charge is -2.06. The van der Waals surface area contributed by atoms with Gasteiger partial charge in [0.05, 0.1) is 4.92 Å². The molecule has 1 N–H and O–H groups in total. The molecule has 0 fully saturated rings. The maximum absolute atomic E-state index is 10.8. The van der Waals surface area contributed by atoms with Crippen LogP contribution < -0.4 is 5.32 Å². The summed E-state index contributed by atoms with van der Waals surface area (Å²) in [4.78, 5) is 14.7. The topological polar surface area (TPSA) is 73.0 Å². The Morgan fingerprint density at radius 3 is 2.89 bits per heavy atom. The predicted molar refractivity (Wildman–Crippen MR) is 75.4 cm³/mol. The Balaban J connectivity index is 2.13. The van der Waals surface area contributed by atoms with Gasteiger partial charge in [-0.05, 0) is 11.6 Å². The first-order valence-electron chi connectivity index (χ1n) is 5.67. The molecule has 2 aromatic rings. The fourth-order valence-corrected chi connectivity index (χ4v) is 2.55. The maximum Gasteiger partial charge on any atom is 0.292 e. The van der Waals surface area contributed by atoms with Crippen molar-refractivity contribution in [3.63, 3.8) is 0 Å². The van der Waals surface area contributed by atoms with Gasteiger partial charge in [-0.15, -0.1) is 0 Å². The summed E-state index contributed by atoms with van der Waals surface area (Å²) >= 11 is 1.59. The van der Waals surface area contributed by atoms with Crippen molar-refractivity contribution in [1.29, 1.82) is 0 Å². The van der Waals surface area contributed by atoms with E-state index in [0.717, 1.165) is 16.5 Å². The highest BCUT2D eigenvalue weighted by molar-refractivity contribution is 7.98. The quantitative estimate of drug-likeness (QED) is 0.517. The molecule has 0 bridgehead atoms.